The molecule has 0 aliphatic heterocycles. The van der Waals surface area contributed by atoms with Crippen molar-refractivity contribution in [1.29, 1.82) is 0 Å². The van der Waals surface area contributed by atoms with Gasteiger partial charge in [0.2, 0.25) is 0 Å². The fraction of sp³-hybridized carbons (Fsp3) is 0.227. The summed E-state index contributed by atoms with van der Waals surface area (Å²) in [5.74, 6) is 0.919. The number of benzene rings is 2. The molecule has 1 aromatic heterocycles. The molecule has 0 bridgehead atoms. The maximum absolute atomic E-state index is 12.2. The number of aromatic nitrogens is 1. The van der Waals surface area contributed by atoms with Crippen molar-refractivity contribution < 1.29 is 18.8 Å². The van der Waals surface area contributed by atoms with Crippen LogP contribution in [0.5, 0.6) is 5.75 Å². The van der Waals surface area contributed by atoms with Gasteiger partial charge >= 0.3 is 0 Å². The molecule has 0 radical (unpaired) electrons. The normalized spacial score (nSPS) is 10.5. The van der Waals surface area contributed by atoms with Crippen molar-refractivity contribution >= 4 is 23.4 Å². The van der Waals surface area contributed by atoms with Crippen LogP contribution in [-0.4, -0.2) is 30.1 Å². The van der Waals surface area contributed by atoms with Crippen molar-refractivity contribution in [3.05, 3.63) is 81.7 Å². The molecule has 8 heteroatoms. The summed E-state index contributed by atoms with van der Waals surface area (Å²) in [6.07, 6.45) is 0. The highest BCUT2D eigenvalue weighted by Crippen LogP contribution is 2.18. The molecule has 2 aromatic carbocycles. The zero-order valence-corrected chi connectivity index (χ0v) is 17.5. The van der Waals surface area contributed by atoms with E-state index in [0.29, 0.717) is 41.6 Å². The largest absolute Gasteiger partial charge is 0.489 e. The minimum Gasteiger partial charge on any atom is -0.489 e. The van der Waals surface area contributed by atoms with E-state index in [0.717, 1.165) is 17.0 Å². The van der Waals surface area contributed by atoms with Crippen molar-refractivity contribution in [3.8, 4) is 5.75 Å². The molecule has 7 nitrogen and oxygen atoms in total. The van der Waals surface area contributed by atoms with Crippen molar-refractivity contribution in [2.45, 2.75) is 20.5 Å². The standard InChI is InChI=1S/C22H22ClN3O4/c1-14-20(15(2)30-26-14)13-29-19-9-5-17(6-10-19)22(28)25-12-11-24-21(27)16-3-7-18(23)8-4-16/h3-10H,11-13H2,1-2H3,(H,24,27)(H,25,28). The fourth-order valence-electron chi connectivity index (χ4n) is 2.72. The molecule has 30 heavy (non-hydrogen) atoms. The second-order valence-corrected chi connectivity index (χ2v) is 7.07. The van der Waals surface area contributed by atoms with Gasteiger partial charge in [0.15, 0.2) is 0 Å². The summed E-state index contributed by atoms with van der Waals surface area (Å²) in [5, 5.41) is 9.97. The Morgan fingerprint density at radius 2 is 1.47 bits per heavy atom. The van der Waals surface area contributed by atoms with Gasteiger partial charge in [-0.2, -0.15) is 0 Å². The maximum Gasteiger partial charge on any atom is 0.251 e. The molecule has 2 amide bonds. The molecule has 156 valence electrons. The van der Waals surface area contributed by atoms with E-state index in [1.807, 2.05) is 13.8 Å². The molecule has 0 fully saturated rings. The van der Waals surface area contributed by atoms with Crippen LogP contribution < -0.4 is 15.4 Å². The first-order valence-electron chi connectivity index (χ1n) is 9.40. The van der Waals surface area contributed by atoms with E-state index in [4.69, 9.17) is 20.9 Å². The van der Waals surface area contributed by atoms with Crippen LogP contribution in [0.4, 0.5) is 0 Å². The molecule has 2 N–H and O–H groups in total. The number of amides is 2. The minimum atomic E-state index is -0.229. The average Bonchev–Trinajstić information content (AvgIpc) is 3.07. The number of nitrogens with zero attached hydrogens (tertiary/aromatic N) is 1. The van der Waals surface area contributed by atoms with Gasteiger partial charge in [-0.15, -0.1) is 0 Å². The molecule has 3 rings (SSSR count). The molecule has 3 aromatic rings. The van der Waals surface area contributed by atoms with E-state index < -0.39 is 0 Å². The number of rotatable bonds is 8. The van der Waals surface area contributed by atoms with Crippen LogP contribution in [0.2, 0.25) is 5.02 Å². The number of hydrogen-bond donors (Lipinski definition) is 2. The third-order valence-electron chi connectivity index (χ3n) is 4.48. The summed E-state index contributed by atoms with van der Waals surface area (Å²) in [6, 6.07) is 13.4. The van der Waals surface area contributed by atoms with E-state index in [9.17, 15) is 9.59 Å². The van der Waals surface area contributed by atoms with Gasteiger partial charge in [-0.25, -0.2) is 0 Å². The highest BCUT2D eigenvalue weighted by molar-refractivity contribution is 6.30. The Bertz CT molecular complexity index is 994. The quantitative estimate of drug-likeness (QED) is 0.535. The zero-order chi connectivity index (χ0) is 21.5. The number of hydrogen-bond acceptors (Lipinski definition) is 5. The van der Waals surface area contributed by atoms with Crippen LogP contribution in [0.1, 0.15) is 37.7 Å². The summed E-state index contributed by atoms with van der Waals surface area (Å²) in [6.45, 7) is 4.67. The predicted octanol–water partition coefficient (Wildman–Crippen LogP) is 3.68. The third-order valence-corrected chi connectivity index (χ3v) is 4.74. The highest BCUT2D eigenvalue weighted by atomic mass is 35.5. The SMILES string of the molecule is Cc1noc(C)c1COc1ccc(C(=O)NCCNC(=O)c2ccc(Cl)cc2)cc1. The molecule has 0 saturated carbocycles. The van der Waals surface area contributed by atoms with Crippen molar-refractivity contribution in [1.82, 2.24) is 15.8 Å². The summed E-state index contributed by atoms with van der Waals surface area (Å²) in [5.41, 5.74) is 2.73. The van der Waals surface area contributed by atoms with E-state index in [-0.39, 0.29) is 11.8 Å². The van der Waals surface area contributed by atoms with Crippen molar-refractivity contribution in [3.63, 3.8) is 0 Å². The topological polar surface area (TPSA) is 93.5 Å². The Balaban J connectivity index is 1.42. The van der Waals surface area contributed by atoms with Crippen LogP contribution in [0.3, 0.4) is 0 Å². The molecule has 0 saturated heterocycles. The van der Waals surface area contributed by atoms with Crippen LogP contribution in [-0.2, 0) is 6.61 Å². The van der Waals surface area contributed by atoms with Gasteiger partial charge in [0.05, 0.1) is 11.3 Å². The van der Waals surface area contributed by atoms with Crippen LogP contribution in [0, 0.1) is 13.8 Å². The first-order valence-corrected chi connectivity index (χ1v) is 9.78. The monoisotopic (exact) mass is 427 g/mol. The van der Waals surface area contributed by atoms with Gasteiger partial charge in [-0.1, -0.05) is 16.8 Å². The second kappa shape index (κ2) is 9.93. The molecular weight excluding hydrogens is 406 g/mol. The molecule has 0 spiro atoms. The van der Waals surface area contributed by atoms with E-state index in [2.05, 4.69) is 15.8 Å². The lowest BCUT2D eigenvalue weighted by atomic mass is 10.2. The van der Waals surface area contributed by atoms with E-state index in [1.165, 1.54) is 0 Å². The zero-order valence-electron chi connectivity index (χ0n) is 16.7. The fourth-order valence-corrected chi connectivity index (χ4v) is 2.85. The lowest BCUT2D eigenvalue weighted by Crippen LogP contribution is -2.34. The van der Waals surface area contributed by atoms with Crippen LogP contribution >= 0.6 is 11.6 Å². The maximum atomic E-state index is 12.2. The molecule has 0 aliphatic carbocycles. The lowest BCUT2D eigenvalue weighted by molar-refractivity contribution is 0.0927. The Morgan fingerprint density at radius 3 is 1.97 bits per heavy atom. The second-order valence-electron chi connectivity index (χ2n) is 6.63. The molecule has 0 unspecified atom stereocenters. The van der Waals surface area contributed by atoms with Crippen LogP contribution in [0.25, 0.3) is 0 Å². The van der Waals surface area contributed by atoms with Gasteiger partial charge in [-0.05, 0) is 62.4 Å². The first-order chi connectivity index (χ1) is 14.4. The number of ether oxygens (including phenoxy) is 1. The summed E-state index contributed by atoms with van der Waals surface area (Å²) in [4.78, 5) is 24.2. The first kappa shape index (κ1) is 21.4. The van der Waals surface area contributed by atoms with E-state index in [1.54, 1.807) is 48.5 Å². The van der Waals surface area contributed by atoms with Gasteiger partial charge in [0.1, 0.15) is 18.1 Å². The lowest BCUT2D eigenvalue weighted by Gasteiger charge is -2.09. The number of halogens is 1. The van der Waals surface area contributed by atoms with Crippen molar-refractivity contribution in [2.75, 3.05) is 13.1 Å². The van der Waals surface area contributed by atoms with Gasteiger partial charge in [0, 0.05) is 29.2 Å². The Kier molecular flexibility index (Phi) is 7.08. The highest BCUT2D eigenvalue weighted by Gasteiger charge is 2.10. The Morgan fingerprint density at radius 1 is 0.933 bits per heavy atom. The van der Waals surface area contributed by atoms with Gasteiger partial charge in [0.25, 0.3) is 11.8 Å². The number of aryl methyl sites for hydroxylation is 2. The van der Waals surface area contributed by atoms with E-state index >= 15 is 0 Å². The Hall–Kier alpha value is -3.32. The molecule has 0 atom stereocenters. The molecule has 1 heterocycles. The summed E-state index contributed by atoms with van der Waals surface area (Å²) < 4.78 is 10.8. The summed E-state index contributed by atoms with van der Waals surface area (Å²) in [7, 11) is 0. The Labute approximate surface area is 179 Å². The summed E-state index contributed by atoms with van der Waals surface area (Å²) >= 11 is 5.81. The van der Waals surface area contributed by atoms with Crippen LogP contribution in [0.15, 0.2) is 53.1 Å². The third kappa shape index (κ3) is 5.61. The number of carbonyl (C=O) groups excluding carboxylic acids is 2. The minimum absolute atomic E-state index is 0.222. The molecule has 0 aliphatic rings. The number of nitrogens with one attached hydrogen (secondary N) is 2. The van der Waals surface area contributed by atoms with Gasteiger partial charge < -0.3 is 19.9 Å². The smallest absolute Gasteiger partial charge is 0.251 e. The molecular formula is C22H22ClN3O4. The predicted molar refractivity (Wildman–Crippen MR) is 113 cm³/mol. The van der Waals surface area contributed by atoms with Crippen molar-refractivity contribution in [2.24, 2.45) is 0 Å². The van der Waals surface area contributed by atoms with Gasteiger partial charge in [-0.3, -0.25) is 9.59 Å². The number of carbonyl (C=O) groups is 2. The average molecular weight is 428 g/mol.